The summed E-state index contributed by atoms with van der Waals surface area (Å²) in [7, 11) is 1.42. The molecule has 0 aromatic heterocycles. The number of carbonyl (C=O) groups excluding carboxylic acids is 1. The zero-order valence-electron chi connectivity index (χ0n) is 14.3. The molecule has 0 bridgehead atoms. The molecule has 2 aliphatic carbocycles. The number of hydrogen-bond acceptors (Lipinski definition) is 4. The third-order valence-corrected chi connectivity index (χ3v) is 6.15. The molecule has 0 radical (unpaired) electrons. The van der Waals surface area contributed by atoms with Gasteiger partial charge in [0.05, 0.1) is 25.9 Å². The number of allylic oxidation sites excluding steroid dienone is 1. The van der Waals surface area contributed by atoms with Crippen molar-refractivity contribution in [1.29, 1.82) is 0 Å². The molecule has 1 aromatic carbocycles. The van der Waals surface area contributed by atoms with Crippen molar-refractivity contribution in [2.75, 3.05) is 20.3 Å². The van der Waals surface area contributed by atoms with E-state index >= 15 is 0 Å². The van der Waals surface area contributed by atoms with Crippen LogP contribution in [0.3, 0.4) is 0 Å². The zero-order valence-corrected chi connectivity index (χ0v) is 14.3. The van der Waals surface area contributed by atoms with Gasteiger partial charge in [-0.3, -0.25) is 0 Å². The molecular weight excluding hydrogens is 304 g/mol. The van der Waals surface area contributed by atoms with Crippen molar-refractivity contribution in [2.24, 2.45) is 5.92 Å². The van der Waals surface area contributed by atoms with Gasteiger partial charge in [0.1, 0.15) is 0 Å². The summed E-state index contributed by atoms with van der Waals surface area (Å²) < 4.78 is 16.8. The average molecular weight is 328 g/mol. The number of ether oxygens (including phenoxy) is 3. The van der Waals surface area contributed by atoms with E-state index in [4.69, 9.17) is 14.2 Å². The van der Waals surface area contributed by atoms with Crippen LogP contribution in [0.5, 0.6) is 0 Å². The second-order valence-corrected chi connectivity index (χ2v) is 7.08. The Balaban J connectivity index is 1.72. The molecule has 1 saturated carbocycles. The highest BCUT2D eigenvalue weighted by Crippen LogP contribution is 2.54. The van der Waals surface area contributed by atoms with Gasteiger partial charge in [0.25, 0.3) is 0 Å². The summed E-state index contributed by atoms with van der Waals surface area (Å²) >= 11 is 0. The number of esters is 1. The molecule has 0 N–H and O–H groups in total. The van der Waals surface area contributed by atoms with E-state index in [1.165, 1.54) is 12.7 Å². The van der Waals surface area contributed by atoms with Crippen molar-refractivity contribution in [1.82, 2.24) is 0 Å². The number of rotatable bonds is 2. The van der Waals surface area contributed by atoms with Crippen LogP contribution in [-0.2, 0) is 19.6 Å². The summed E-state index contributed by atoms with van der Waals surface area (Å²) in [5.41, 5.74) is 3.21. The number of benzene rings is 1. The van der Waals surface area contributed by atoms with Crippen LogP contribution in [-0.4, -0.2) is 32.1 Å². The summed E-state index contributed by atoms with van der Waals surface area (Å²) in [6.07, 6.45) is 8.40. The van der Waals surface area contributed by atoms with Crippen molar-refractivity contribution in [2.45, 2.75) is 43.8 Å². The molecule has 1 saturated heterocycles. The Bertz CT molecular complexity index is 687. The molecule has 4 heteroatoms. The van der Waals surface area contributed by atoms with Crippen LogP contribution < -0.4 is 0 Å². The summed E-state index contributed by atoms with van der Waals surface area (Å²) in [4.78, 5) is 11.8. The Morgan fingerprint density at radius 2 is 2.08 bits per heavy atom. The zero-order chi connectivity index (χ0) is 16.8. The average Bonchev–Trinajstić information content (AvgIpc) is 3.08. The second kappa shape index (κ2) is 5.71. The van der Waals surface area contributed by atoms with Crippen LogP contribution in [0.25, 0.3) is 6.08 Å². The Kier molecular flexibility index (Phi) is 3.77. The fourth-order valence-electron chi connectivity index (χ4n) is 4.83. The van der Waals surface area contributed by atoms with E-state index < -0.39 is 0 Å². The molecule has 3 aliphatic rings. The molecular formula is C20H24O4. The summed E-state index contributed by atoms with van der Waals surface area (Å²) in [5, 5.41) is 0. The molecule has 4 nitrogen and oxygen atoms in total. The normalized spacial score (nSPS) is 30.0. The van der Waals surface area contributed by atoms with E-state index in [2.05, 4.69) is 25.1 Å². The first-order chi connectivity index (χ1) is 11.6. The van der Waals surface area contributed by atoms with Crippen molar-refractivity contribution in [3.05, 3.63) is 41.0 Å². The maximum atomic E-state index is 11.8. The molecule has 1 aromatic rings. The number of carbonyl (C=O) groups is 1. The third kappa shape index (κ3) is 2.24. The first-order valence-corrected chi connectivity index (χ1v) is 8.81. The minimum atomic E-state index is -0.378. The quantitative estimate of drug-likeness (QED) is 0.777. The highest BCUT2D eigenvalue weighted by molar-refractivity contribution is 5.90. The topological polar surface area (TPSA) is 44.8 Å². The smallest absolute Gasteiger partial charge is 0.337 e. The lowest BCUT2D eigenvalue weighted by molar-refractivity contribution is -0.194. The van der Waals surface area contributed by atoms with E-state index in [9.17, 15) is 4.79 Å². The Morgan fingerprint density at radius 3 is 2.79 bits per heavy atom. The fraction of sp³-hybridized carbons (Fsp3) is 0.550. The van der Waals surface area contributed by atoms with Crippen molar-refractivity contribution < 1.29 is 19.0 Å². The molecule has 1 heterocycles. The summed E-state index contributed by atoms with van der Waals surface area (Å²) in [6, 6.07) is 5.97. The van der Waals surface area contributed by atoms with Crippen LogP contribution in [0.1, 0.15) is 54.1 Å². The first kappa shape index (κ1) is 15.9. The number of hydrogen-bond donors (Lipinski definition) is 0. The maximum absolute atomic E-state index is 11.8. The van der Waals surface area contributed by atoms with E-state index in [-0.39, 0.29) is 17.2 Å². The number of methoxy groups -OCH3 is 1. The highest BCUT2D eigenvalue weighted by atomic mass is 16.7. The van der Waals surface area contributed by atoms with Crippen LogP contribution in [0.15, 0.2) is 24.3 Å². The second-order valence-electron chi connectivity index (χ2n) is 7.08. The molecule has 2 unspecified atom stereocenters. The van der Waals surface area contributed by atoms with Gasteiger partial charge in [-0.05, 0) is 42.0 Å². The Labute approximate surface area is 142 Å². The van der Waals surface area contributed by atoms with Crippen LogP contribution >= 0.6 is 0 Å². The van der Waals surface area contributed by atoms with Crippen molar-refractivity contribution >= 4 is 12.0 Å². The monoisotopic (exact) mass is 328 g/mol. The van der Waals surface area contributed by atoms with Gasteiger partial charge in [0.2, 0.25) is 0 Å². The summed E-state index contributed by atoms with van der Waals surface area (Å²) in [5.74, 6) is -0.253. The van der Waals surface area contributed by atoms with Crippen LogP contribution in [0.2, 0.25) is 0 Å². The van der Waals surface area contributed by atoms with Gasteiger partial charge < -0.3 is 14.2 Å². The SMILES string of the molecule is CCC12CCC3(CC1C=Cc1cc(C(=O)OC)ccc12)OCCO3. The fourth-order valence-corrected chi connectivity index (χ4v) is 4.83. The molecule has 1 spiro atoms. The lowest BCUT2D eigenvalue weighted by Gasteiger charge is -2.50. The van der Waals surface area contributed by atoms with Crippen molar-refractivity contribution in [3.63, 3.8) is 0 Å². The van der Waals surface area contributed by atoms with Gasteiger partial charge in [-0.1, -0.05) is 25.1 Å². The van der Waals surface area contributed by atoms with Gasteiger partial charge in [0, 0.05) is 18.3 Å². The molecule has 4 rings (SSSR count). The largest absolute Gasteiger partial charge is 0.465 e. The predicted octanol–water partition coefficient (Wildman–Crippen LogP) is 3.69. The Morgan fingerprint density at radius 1 is 1.29 bits per heavy atom. The van der Waals surface area contributed by atoms with Crippen molar-refractivity contribution in [3.8, 4) is 0 Å². The van der Waals surface area contributed by atoms with Crippen LogP contribution in [0, 0.1) is 5.92 Å². The van der Waals surface area contributed by atoms with E-state index in [1.807, 2.05) is 12.1 Å². The molecule has 1 aliphatic heterocycles. The lowest BCUT2D eigenvalue weighted by Crippen LogP contribution is -2.48. The maximum Gasteiger partial charge on any atom is 0.337 e. The van der Waals surface area contributed by atoms with Gasteiger partial charge in [-0.2, -0.15) is 0 Å². The molecule has 0 amide bonds. The van der Waals surface area contributed by atoms with Gasteiger partial charge in [-0.15, -0.1) is 0 Å². The molecule has 24 heavy (non-hydrogen) atoms. The summed E-state index contributed by atoms with van der Waals surface area (Å²) in [6.45, 7) is 3.67. The number of fused-ring (bicyclic) bond motifs is 3. The van der Waals surface area contributed by atoms with Gasteiger partial charge >= 0.3 is 5.97 Å². The third-order valence-electron chi connectivity index (χ3n) is 6.15. The Hall–Kier alpha value is -1.65. The van der Waals surface area contributed by atoms with E-state index in [0.29, 0.717) is 24.7 Å². The van der Waals surface area contributed by atoms with Gasteiger partial charge in [0.15, 0.2) is 5.79 Å². The lowest BCUT2D eigenvalue weighted by atomic mass is 9.57. The first-order valence-electron chi connectivity index (χ1n) is 8.81. The standard InChI is InChI=1S/C20H24O4/c1-3-19-8-9-20(23-10-11-24-20)13-16(19)6-4-14-12-15(18(21)22-2)5-7-17(14)19/h4-7,12,16H,3,8-11,13H2,1-2H3. The van der Waals surface area contributed by atoms with Crippen LogP contribution in [0.4, 0.5) is 0 Å². The minimum Gasteiger partial charge on any atom is -0.465 e. The molecule has 2 atom stereocenters. The van der Waals surface area contributed by atoms with E-state index in [0.717, 1.165) is 31.2 Å². The van der Waals surface area contributed by atoms with E-state index in [1.54, 1.807) is 0 Å². The predicted molar refractivity (Wildman–Crippen MR) is 90.8 cm³/mol. The highest BCUT2D eigenvalue weighted by Gasteiger charge is 2.52. The molecule has 2 fully saturated rings. The molecule has 128 valence electrons. The minimum absolute atomic E-state index is 0.110. The van der Waals surface area contributed by atoms with Gasteiger partial charge in [-0.25, -0.2) is 4.79 Å².